The Labute approximate surface area is 114 Å². The molecular formula is C15H21NO3. The van der Waals surface area contributed by atoms with E-state index in [0.29, 0.717) is 17.9 Å². The first kappa shape index (κ1) is 15.2. The van der Waals surface area contributed by atoms with E-state index in [9.17, 15) is 9.59 Å². The van der Waals surface area contributed by atoms with Crippen LogP contribution < -0.4 is 5.32 Å². The molecule has 0 saturated heterocycles. The Morgan fingerprint density at radius 1 is 1.16 bits per heavy atom. The van der Waals surface area contributed by atoms with Crippen molar-refractivity contribution in [3.8, 4) is 0 Å². The first-order chi connectivity index (χ1) is 9.04. The van der Waals surface area contributed by atoms with Crippen LogP contribution in [0.25, 0.3) is 0 Å². The fraction of sp³-hybridized carbons (Fsp3) is 0.467. The molecule has 0 aliphatic rings. The van der Waals surface area contributed by atoms with E-state index in [-0.39, 0.29) is 5.91 Å². The molecule has 0 spiro atoms. The number of carbonyl (C=O) groups excluding carboxylic acids is 2. The average Bonchev–Trinajstić information content (AvgIpc) is 2.43. The lowest BCUT2D eigenvalue weighted by molar-refractivity contribution is -0.143. The summed E-state index contributed by atoms with van der Waals surface area (Å²) < 4.78 is 4.73. The van der Waals surface area contributed by atoms with Crippen LogP contribution in [0, 0.1) is 5.92 Å². The molecule has 1 rings (SSSR count). The molecule has 0 aliphatic heterocycles. The van der Waals surface area contributed by atoms with Gasteiger partial charge in [0.15, 0.2) is 0 Å². The number of carbonyl (C=O) groups is 2. The maximum Gasteiger partial charge on any atom is 0.328 e. The van der Waals surface area contributed by atoms with Crippen molar-refractivity contribution in [1.82, 2.24) is 5.32 Å². The van der Waals surface area contributed by atoms with Crippen molar-refractivity contribution < 1.29 is 14.3 Å². The Bertz CT molecular complexity index is 415. The molecule has 0 aromatic heterocycles. The number of hydrogen-bond acceptors (Lipinski definition) is 3. The average molecular weight is 263 g/mol. The van der Waals surface area contributed by atoms with Crippen LogP contribution in [-0.4, -0.2) is 25.0 Å². The molecule has 0 bridgehead atoms. The van der Waals surface area contributed by atoms with Crippen LogP contribution in [0.5, 0.6) is 0 Å². The van der Waals surface area contributed by atoms with Gasteiger partial charge in [0, 0.05) is 5.56 Å². The van der Waals surface area contributed by atoms with E-state index in [1.165, 1.54) is 7.11 Å². The van der Waals surface area contributed by atoms with E-state index < -0.39 is 12.0 Å². The van der Waals surface area contributed by atoms with Gasteiger partial charge in [-0.15, -0.1) is 0 Å². The summed E-state index contributed by atoms with van der Waals surface area (Å²) in [5.41, 5.74) is 0.543. The highest BCUT2D eigenvalue weighted by Gasteiger charge is 2.21. The fourth-order valence-electron chi connectivity index (χ4n) is 1.72. The van der Waals surface area contributed by atoms with Gasteiger partial charge in [0.2, 0.25) is 0 Å². The minimum atomic E-state index is -0.583. The van der Waals surface area contributed by atoms with Gasteiger partial charge in [-0.05, 0) is 30.9 Å². The SMILES string of the molecule is COC(=O)C(CCC(C)C)NC(=O)c1ccccc1. The van der Waals surface area contributed by atoms with Gasteiger partial charge in [-0.25, -0.2) is 4.79 Å². The van der Waals surface area contributed by atoms with Gasteiger partial charge in [-0.1, -0.05) is 32.0 Å². The molecule has 1 aromatic carbocycles. The molecular weight excluding hydrogens is 242 g/mol. The monoisotopic (exact) mass is 263 g/mol. The molecule has 1 atom stereocenters. The normalized spacial score (nSPS) is 12.0. The Balaban J connectivity index is 2.66. The molecule has 1 unspecified atom stereocenters. The minimum absolute atomic E-state index is 0.250. The number of esters is 1. The molecule has 4 nitrogen and oxygen atoms in total. The molecule has 104 valence electrons. The topological polar surface area (TPSA) is 55.4 Å². The van der Waals surface area contributed by atoms with Gasteiger partial charge >= 0.3 is 5.97 Å². The van der Waals surface area contributed by atoms with Gasteiger partial charge in [-0.3, -0.25) is 4.79 Å². The summed E-state index contributed by atoms with van der Waals surface area (Å²) in [7, 11) is 1.33. The van der Waals surface area contributed by atoms with Crippen LogP contribution in [0.2, 0.25) is 0 Å². The maximum atomic E-state index is 12.0. The predicted octanol–water partition coefficient (Wildman–Crippen LogP) is 2.39. The third-order valence-corrected chi connectivity index (χ3v) is 2.86. The third-order valence-electron chi connectivity index (χ3n) is 2.86. The molecule has 4 heteroatoms. The maximum absolute atomic E-state index is 12.0. The molecule has 0 saturated carbocycles. The lowest BCUT2D eigenvalue weighted by Crippen LogP contribution is -2.41. The van der Waals surface area contributed by atoms with Gasteiger partial charge in [0.1, 0.15) is 6.04 Å². The Morgan fingerprint density at radius 3 is 2.32 bits per heavy atom. The van der Waals surface area contributed by atoms with Crippen molar-refractivity contribution in [3.63, 3.8) is 0 Å². The van der Waals surface area contributed by atoms with E-state index in [1.54, 1.807) is 24.3 Å². The number of nitrogens with one attached hydrogen (secondary N) is 1. The van der Waals surface area contributed by atoms with E-state index in [1.807, 2.05) is 6.07 Å². The lowest BCUT2D eigenvalue weighted by Gasteiger charge is -2.17. The number of benzene rings is 1. The van der Waals surface area contributed by atoms with Crippen LogP contribution in [-0.2, 0) is 9.53 Å². The van der Waals surface area contributed by atoms with Crippen molar-refractivity contribution in [2.24, 2.45) is 5.92 Å². The summed E-state index contributed by atoms with van der Waals surface area (Å²) in [4.78, 5) is 23.7. The zero-order valence-electron chi connectivity index (χ0n) is 11.7. The van der Waals surface area contributed by atoms with Gasteiger partial charge in [0.05, 0.1) is 7.11 Å². The summed E-state index contributed by atoms with van der Waals surface area (Å²) in [5.74, 6) is -0.175. The van der Waals surface area contributed by atoms with Gasteiger partial charge in [0.25, 0.3) is 5.91 Å². The minimum Gasteiger partial charge on any atom is -0.467 e. The Kier molecular flexibility index (Phi) is 6.06. The molecule has 1 aromatic rings. The first-order valence-corrected chi connectivity index (χ1v) is 6.48. The molecule has 1 amide bonds. The molecule has 19 heavy (non-hydrogen) atoms. The highest BCUT2D eigenvalue weighted by molar-refractivity contribution is 5.96. The molecule has 0 aliphatic carbocycles. The quantitative estimate of drug-likeness (QED) is 0.802. The van der Waals surface area contributed by atoms with Crippen molar-refractivity contribution in [1.29, 1.82) is 0 Å². The second-order valence-corrected chi connectivity index (χ2v) is 4.89. The third kappa shape index (κ3) is 5.12. The second-order valence-electron chi connectivity index (χ2n) is 4.89. The largest absolute Gasteiger partial charge is 0.467 e. The van der Waals surface area contributed by atoms with E-state index >= 15 is 0 Å². The molecule has 0 fully saturated rings. The van der Waals surface area contributed by atoms with Crippen molar-refractivity contribution in [2.75, 3.05) is 7.11 Å². The van der Waals surface area contributed by atoms with Crippen LogP contribution in [0.1, 0.15) is 37.0 Å². The van der Waals surface area contributed by atoms with Crippen molar-refractivity contribution >= 4 is 11.9 Å². The number of methoxy groups -OCH3 is 1. The summed E-state index contributed by atoms with van der Waals surface area (Å²) in [6.45, 7) is 4.15. The number of rotatable bonds is 6. The number of hydrogen-bond donors (Lipinski definition) is 1. The first-order valence-electron chi connectivity index (χ1n) is 6.48. The zero-order chi connectivity index (χ0) is 14.3. The lowest BCUT2D eigenvalue weighted by atomic mass is 10.0. The highest BCUT2D eigenvalue weighted by atomic mass is 16.5. The van der Waals surface area contributed by atoms with Crippen molar-refractivity contribution in [3.05, 3.63) is 35.9 Å². The summed E-state index contributed by atoms with van der Waals surface area (Å²) >= 11 is 0. The van der Waals surface area contributed by atoms with Crippen LogP contribution in [0.4, 0.5) is 0 Å². The van der Waals surface area contributed by atoms with Gasteiger partial charge in [-0.2, -0.15) is 0 Å². The summed E-state index contributed by atoms with van der Waals surface area (Å²) in [6.07, 6.45) is 1.44. The molecule has 0 heterocycles. The van der Waals surface area contributed by atoms with Crippen LogP contribution in [0.15, 0.2) is 30.3 Å². The smallest absolute Gasteiger partial charge is 0.328 e. The Hall–Kier alpha value is -1.84. The number of amides is 1. The summed E-state index contributed by atoms with van der Waals surface area (Å²) in [5, 5.41) is 2.73. The second kappa shape index (κ2) is 7.56. The van der Waals surface area contributed by atoms with E-state index in [4.69, 9.17) is 4.74 Å². The van der Waals surface area contributed by atoms with E-state index in [2.05, 4.69) is 19.2 Å². The highest BCUT2D eigenvalue weighted by Crippen LogP contribution is 2.09. The predicted molar refractivity (Wildman–Crippen MR) is 73.8 cm³/mol. The molecule has 1 N–H and O–H groups in total. The zero-order valence-corrected chi connectivity index (χ0v) is 11.7. The fourth-order valence-corrected chi connectivity index (χ4v) is 1.72. The number of ether oxygens (including phenoxy) is 1. The van der Waals surface area contributed by atoms with Gasteiger partial charge < -0.3 is 10.1 Å². The summed E-state index contributed by atoms with van der Waals surface area (Å²) in [6, 6.07) is 8.26. The van der Waals surface area contributed by atoms with Crippen LogP contribution in [0.3, 0.4) is 0 Å². The molecule has 0 radical (unpaired) electrons. The van der Waals surface area contributed by atoms with Crippen molar-refractivity contribution in [2.45, 2.75) is 32.7 Å². The Morgan fingerprint density at radius 2 is 1.79 bits per heavy atom. The standard InChI is InChI=1S/C15H21NO3/c1-11(2)9-10-13(15(18)19-3)16-14(17)12-7-5-4-6-8-12/h4-8,11,13H,9-10H2,1-3H3,(H,16,17). The van der Waals surface area contributed by atoms with Crippen LogP contribution >= 0.6 is 0 Å². The van der Waals surface area contributed by atoms with E-state index in [0.717, 1.165) is 6.42 Å².